The number of carbonyl (C=O) groups is 1. The van der Waals surface area contributed by atoms with Crippen LogP contribution in [0.4, 0.5) is 0 Å². The Labute approximate surface area is 115 Å². The second-order valence-electron chi connectivity index (χ2n) is 4.34. The van der Waals surface area contributed by atoms with Gasteiger partial charge in [0.2, 0.25) is 0 Å². The van der Waals surface area contributed by atoms with Crippen LogP contribution >= 0.6 is 0 Å². The molecule has 20 heavy (non-hydrogen) atoms. The molecule has 0 aliphatic carbocycles. The number of nitrogens with zero attached hydrogens (tertiary/aromatic N) is 1. The molecule has 0 unspecified atom stereocenters. The van der Waals surface area contributed by atoms with Crippen LogP contribution in [0.2, 0.25) is 0 Å². The minimum Gasteiger partial charge on any atom is -0.496 e. The molecule has 0 aliphatic rings. The average molecular weight is 277 g/mol. The lowest BCUT2D eigenvalue weighted by molar-refractivity contribution is -0.136. The number of fused-ring (bicyclic) bond motifs is 1. The number of aliphatic carboxylic acids is 1. The van der Waals surface area contributed by atoms with Gasteiger partial charge >= 0.3 is 5.97 Å². The summed E-state index contributed by atoms with van der Waals surface area (Å²) in [6, 6.07) is 4.97. The van der Waals surface area contributed by atoms with Crippen LogP contribution in [0.1, 0.15) is 5.56 Å². The van der Waals surface area contributed by atoms with Crippen molar-refractivity contribution in [3.8, 4) is 11.5 Å². The van der Waals surface area contributed by atoms with Crippen molar-refractivity contribution in [2.45, 2.75) is 6.42 Å². The molecule has 0 spiro atoms. The smallest absolute Gasteiger partial charge is 0.308 e. The van der Waals surface area contributed by atoms with Crippen LogP contribution in [0, 0.1) is 0 Å². The standard InChI is InChI=1S/C14H15NO5/c1-15-13-9(6-8(14(15)18)7-12(16)17)10(19-2)4-5-11(13)20-3/h4-6H,7H2,1-3H3,(H,16,17). The van der Waals surface area contributed by atoms with E-state index in [4.69, 9.17) is 14.6 Å². The highest BCUT2D eigenvalue weighted by Gasteiger charge is 2.15. The van der Waals surface area contributed by atoms with Crippen molar-refractivity contribution in [2.75, 3.05) is 14.2 Å². The predicted molar refractivity (Wildman–Crippen MR) is 73.6 cm³/mol. The van der Waals surface area contributed by atoms with E-state index in [1.165, 1.54) is 18.8 Å². The van der Waals surface area contributed by atoms with E-state index in [0.717, 1.165) is 0 Å². The van der Waals surface area contributed by atoms with Gasteiger partial charge < -0.3 is 19.1 Å². The van der Waals surface area contributed by atoms with E-state index in [1.807, 2.05) is 0 Å². The summed E-state index contributed by atoms with van der Waals surface area (Å²) in [7, 11) is 4.61. The van der Waals surface area contributed by atoms with Crippen LogP contribution in [0.3, 0.4) is 0 Å². The quantitative estimate of drug-likeness (QED) is 0.908. The zero-order chi connectivity index (χ0) is 14.9. The minimum absolute atomic E-state index is 0.207. The Morgan fingerprint density at radius 1 is 1.25 bits per heavy atom. The summed E-state index contributed by atoms with van der Waals surface area (Å²) in [5, 5.41) is 9.52. The number of ether oxygens (including phenoxy) is 2. The maximum Gasteiger partial charge on any atom is 0.308 e. The Morgan fingerprint density at radius 2 is 1.85 bits per heavy atom. The highest BCUT2D eigenvalue weighted by molar-refractivity contribution is 5.91. The summed E-state index contributed by atoms with van der Waals surface area (Å²) in [4.78, 5) is 23.0. The van der Waals surface area contributed by atoms with Gasteiger partial charge in [-0.1, -0.05) is 0 Å². The lowest BCUT2D eigenvalue weighted by Crippen LogP contribution is -2.23. The van der Waals surface area contributed by atoms with Crippen molar-refractivity contribution in [3.63, 3.8) is 0 Å². The zero-order valence-corrected chi connectivity index (χ0v) is 11.5. The van der Waals surface area contributed by atoms with Crippen molar-refractivity contribution < 1.29 is 19.4 Å². The SMILES string of the molecule is COc1ccc(OC)c2c1cc(CC(=O)O)c(=O)n2C. The lowest BCUT2D eigenvalue weighted by Gasteiger charge is -2.14. The maximum atomic E-state index is 12.2. The number of hydrogen-bond donors (Lipinski definition) is 1. The van der Waals surface area contributed by atoms with Gasteiger partial charge in [-0.3, -0.25) is 9.59 Å². The maximum absolute atomic E-state index is 12.2. The molecule has 106 valence electrons. The number of methoxy groups -OCH3 is 2. The third-order valence-corrected chi connectivity index (χ3v) is 3.15. The summed E-state index contributed by atoms with van der Waals surface area (Å²) < 4.78 is 11.9. The fourth-order valence-corrected chi connectivity index (χ4v) is 2.24. The van der Waals surface area contributed by atoms with Gasteiger partial charge in [-0.25, -0.2) is 0 Å². The Kier molecular flexibility index (Phi) is 3.65. The largest absolute Gasteiger partial charge is 0.496 e. The number of rotatable bonds is 4. The molecule has 0 atom stereocenters. The molecule has 0 radical (unpaired) electrons. The molecule has 1 aromatic carbocycles. The molecule has 0 bridgehead atoms. The van der Waals surface area contributed by atoms with Crippen molar-refractivity contribution in [1.82, 2.24) is 4.57 Å². The molecule has 1 N–H and O–H groups in total. The fourth-order valence-electron chi connectivity index (χ4n) is 2.24. The molecule has 0 amide bonds. The monoisotopic (exact) mass is 277 g/mol. The van der Waals surface area contributed by atoms with E-state index in [2.05, 4.69) is 0 Å². The van der Waals surface area contributed by atoms with Crippen LogP contribution in [-0.4, -0.2) is 29.9 Å². The molecule has 1 aromatic heterocycles. The third-order valence-electron chi connectivity index (χ3n) is 3.15. The van der Waals surface area contributed by atoms with E-state index in [9.17, 15) is 9.59 Å². The predicted octanol–water partition coefficient (Wildman–Crippen LogP) is 1.18. The molecular weight excluding hydrogens is 262 g/mol. The first-order valence-electron chi connectivity index (χ1n) is 5.95. The fraction of sp³-hybridized carbons (Fsp3) is 0.286. The first kappa shape index (κ1) is 13.9. The molecule has 0 aliphatic heterocycles. The molecule has 1 heterocycles. The summed E-state index contributed by atoms with van der Waals surface area (Å²) in [5.41, 5.74) is 0.427. The van der Waals surface area contributed by atoms with Crippen LogP contribution in [0.5, 0.6) is 11.5 Å². The molecule has 0 fully saturated rings. The van der Waals surface area contributed by atoms with Crippen molar-refractivity contribution in [1.29, 1.82) is 0 Å². The first-order chi connectivity index (χ1) is 9.49. The molecule has 0 saturated heterocycles. The zero-order valence-electron chi connectivity index (χ0n) is 11.5. The number of aryl methyl sites for hydroxylation is 1. The summed E-state index contributed by atoms with van der Waals surface area (Å²) >= 11 is 0. The van der Waals surface area contributed by atoms with E-state index in [1.54, 1.807) is 25.2 Å². The highest BCUT2D eigenvalue weighted by Crippen LogP contribution is 2.32. The normalized spacial score (nSPS) is 10.6. The van der Waals surface area contributed by atoms with Gasteiger partial charge in [0.05, 0.1) is 26.2 Å². The number of pyridine rings is 1. The summed E-state index contributed by atoms with van der Waals surface area (Å²) in [5.74, 6) is 0.0358. The minimum atomic E-state index is -1.05. The summed E-state index contributed by atoms with van der Waals surface area (Å²) in [6.45, 7) is 0. The van der Waals surface area contributed by atoms with Crippen LogP contribution in [0.15, 0.2) is 23.0 Å². The van der Waals surface area contributed by atoms with Crippen molar-refractivity contribution >= 4 is 16.9 Å². The molecule has 2 aromatic rings. The number of carboxylic acid groups (broad SMARTS) is 1. The Hall–Kier alpha value is -2.50. The number of aromatic nitrogens is 1. The topological polar surface area (TPSA) is 77.8 Å². The Morgan fingerprint density at radius 3 is 2.40 bits per heavy atom. The van der Waals surface area contributed by atoms with Crippen LogP contribution in [0.25, 0.3) is 10.9 Å². The van der Waals surface area contributed by atoms with E-state index < -0.39 is 5.97 Å². The molecule has 6 heteroatoms. The van der Waals surface area contributed by atoms with Crippen molar-refractivity contribution in [3.05, 3.63) is 34.1 Å². The van der Waals surface area contributed by atoms with Gasteiger partial charge in [0, 0.05) is 18.0 Å². The Balaban J connectivity index is 2.88. The highest BCUT2D eigenvalue weighted by atomic mass is 16.5. The van der Waals surface area contributed by atoms with Gasteiger partial charge in [-0.2, -0.15) is 0 Å². The second kappa shape index (κ2) is 5.24. The van der Waals surface area contributed by atoms with Gasteiger partial charge in [-0.05, 0) is 18.2 Å². The van der Waals surface area contributed by atoms with Gasteiger partial charge in [0.25, 0.3) is 5.56 Å². The van der Waals surface area contributed by atoms with Gasteiger partial charge in [0.1, 0.15) is 11.5 Å². The molecule has 0 saturated carbocycles. The summed E-state index contributed by atoms with van der Waals surface area (Å²) in [6.07, 6.45) is -0.330. The number of benzene rings is 1. The number of hydrogen-bond acceptors (Lipinski definition) is 4. The number of carboxylic acids is 1. The van der Waals surface area contributed by atoms with Crippen molar-refractivity contribution in [2.24, 2.45) is 7.05 Å². The van der Waals surface area contributed by atoms with E-state index in [-0.39, 0.29) is 17.5 Å². The Bertz CT molecular complexity index is 732. The van der Waals surface area contributed by atoms with Crippen LogP contribution < -0.4 is 15.0 Å². The second-order valence-corrected chi connectivity index (χ2v) is 4.34. The third kappa shape index (κ3) is 2.20. The molecular formula is C14H15NO5. The molecule has 6 nitrogen and oxygen atoms in total. The molecule has 2 rings (SSSR count). The van der Waals surface area contributed by atoms with E-state index in [0.29, 0.717) is 22.4 Å². The first-order valence-corrected chi connectivity index (χ1v) is 5.95. The average Bonchev–Trinajstić information content (AvgIpc) is 2.42. The van der Waals surface area contributed by atoms with E-state index >= 15 is 0 Å². The van der Waals surface area contributed by atoms with Crippen LogP contribution in [-0.2, 0) is 18.3 Å². The lowest BCUT2D eigenvalue weighted by atomic mass is 10.1. The van der Waals surface area contributed by atoms with Gasteiger partial charge in [0.15, 0.2) is 0 Å². The van der Waals surface area contributed by atoms with Gasteiger partial charge in [-0.15, -0.1) is 0 Å².